The average molecular weight is 765 g/mol. The van der Waals surface area contributed by atoms with Crippen molar-refractivity contribution in [3.8, 4) is 0 Å². The van der Waals surface area contributed by atoms with Crippen LogP contribution in [0, 0.1) is 0 Å². The van der Waals surface area contributed by atoms with Gasteiger partial charge in [-0.3, -0.25) is 9.59 Å². The summed E-state index contributed by atoms with van der Waals surface area (Å²) in [5, 5.41) is 9.60. The summed E-state index contributed by atoms with van der Waals surface area (Å²) in [5.41, 5.74) is 0. The SMILES string of the molecule is CC/C=C/C=C/C=C/C=C/C=C/CCCC(=O)OCC(COCCC(C(=O)O)[N+](C)(C)C)OC(=O)CCCCCCC/C=C/C=C/C=C/C=C/CCCCC. The highest BCUT2D eigenvalue weighted by atomic mass is 16.6. The quantitative estimate of drug-likeness (QED) is 0.0301. The molecule has 0 saturated heterocycles. The number of quaternary nitrogens is 1. The highest BCUT2D eigenvalue weighted by molar-refractivity contribution is 5.72. The Labute approximate surface area is 334 Å². The smallest absolute Gasteiger partial charge is 0.362 e. The molecule has 0 aliphatic heterocycles. The van der Waals surface area contributed by atoms with E-state index in [1.165, 1.54) is 19.3 Å². The fraction of sp³-hybridized carbons (Fsp3) is 0.553. The Morgan fingerprint density at radius 3 is 1.56 bits per heavy atom. The molecule has 8 heteroatoms. The van der Waals surface area contributed by atoms with E-state index in [0.29, 0.717) is 12.8 Å². The molecule has 2 unspecified atom stereocenters. The van der Waals surface area contributed by atoms with Crippen molar-refractivity contribution in [2.45, 2.75) is 129 Å². The lowest BCUT2D eigenvalue weighted by molar-refractivity contribution is -0.887. The molecule has 8 nitrogen and oxygen atoms in total. The number of carboxylic acid groups (broad SMARTS) is 1. The number of carbonyl (C=O) groups excluding carboxylic acids is 2. The Kier molecular flexibility index (Phi) is 34.2. The molecular weight excluding hydrogens is 691 g/mol. The lowest BCUT2D eigenvalue weighted by Crippen LogP contribution is -2.50. The maximum Gasteiger partial charge on any atom is 0.362 e. The Balaban J connectivity index is 4.57. The van der Waals surface area contributed by atoms with Crippen LogP contribution in [0.1, 0.15) is 117 Å². The first-order chi connectivity index (χ1) is 26.6. The number of rotatable bonds is 34. The van der Waals surface area contributed by atoms with Crippen LogP contribution in [-0.4, -0.2) is 80.6 Å². The van der Waals surface area contributed by atoms with Crippen molar-refractivity contribution < 1.29 is 38.2 Å². The number of nitrogens with zero attached hydrogens (tertiary/aromatic N) is 1. The molecule has 0 fully saturated rings. The summed E-state index contributed by atoms with van der Waals surface area (Å²) in [5.74, 6) is -1.61. The van der Waals surface area contributed by atoms with Gasteiger partial charge in [0, 0.05) is 19.3 Å². The van der Waals surface area contributed by atoms with Crippen molar-refractivity contribution >= 4 is 17.9 Å². The van der Waals surface area contributed by atoms with E-state index in [9.17, 15) is 19.5 Å². The maximum atomic E-state index is 12.7. The zero-order valence-corrected chi connectivity index (χ0v) is 34.8. The van der Waals surface area contributed by atoms with Gasteiger partial charge in [0.25, 0.3) is 0 Å². The first kappa shape index (κ1) is 51.0. The van der Waals surface area contributed by atoms with Crippen molar-refractivity contribution in [3.05, 3.63) is 109 Å². The number of hydrogen-bond acceptors (Lipinski definition) is 6. The second kappa shape index (κ2) is 36.9. The Bertz CT molecular complexity index is 1260. The monoisotopic (exact) mass is 765 g/mol. The number of allylic oxidation sites excluding steroid dienone is 18. The number of carboxylic acids is 1. The van der Waals surface area contributed by atoms with Gasteiger partial charge in [-0.15, -0.1) is 0 Å². The summed E-state index contributed by atoms with van der Waals surface area (Å²) in [6.07, 6.45) is 50.0. The standard InChI is InChI=1S/C47H73NO7/c1-6-8-10-12-14-16-18-20-21-22-23-24-26-28-30-32-34-36-38-46(50)55-43(41-53-40-39-44(47(51)52)48(3,4)5)42-54-45(49)37-35-33-31-29-27-25-19-17-15-13-11-9-7-2/h9,11,13-25,27,29,31,43-44H,6-8,10,12,26,28,30,32-42H2,1-5H3/p+1/b11-9+,15-13+,16-14+,19-17+,20-18+,22-21+,24-23+,27-25+,31-29+. The van der Waals surface area contributed by atoms with E-state index in [2.05, 4.69) is 56.4 Å². The number of likely N-dealkylation sites (N-methyl/N-ethyl adjacent to an activating group) is 1. The van der Waals surface area contributed by atoms with Crippen LogP contribution in [0.25, 0.3) is 0 Å². The number of carbonyl (C=O) groups is 3. The summed E-state index contributed by atoms with van der Waals surface area (Å²) in [6, 6.07) is -0.636. The maximum absolute atomic E-state index is 12.7. The van der Waals surface area contributed by atoms with Crippen LogP contribution in [0.5, 0.6) is 0 Å². The van der Waals surface area contributed by atoms with Gasteiger partial charge < -0.3 is 23.8 Å². The first-order valence-corrected chi connectivity index (χ1v) is 20.5. The fourth-order valence-electron chi connectivity index (χ4n) is 5.19. The molecule has 2 atom stereocenters. The second-order valence-electron chi connectivity index (χ2n) is 14.4. The largest absolute Gasteiger partial charge is 0.477 e. The van der Waals surface area contributed by atoms with E-state index in [1.807, 2.05) is 88.0 Å². The molecule has 0 radical (unpaired) electrons. The molecule has 0 aromatic heterocycles. The summed E-state index contributed by atoms with van der Waals surface area (Å²) in [6.45, 7) is 4.41. The second-order valence-corrected chi connectivity index (χ2v) is 14.4. The molecule has 0 aliphatic rings. The number of aliphatic carboxylic acids is 1. The molecule has 0 aromatic rings. The minimum absolute atomic E-state index is 0.0203. The zero-order chi connectivity index (χ0) is 40.7. The predicted octanol–water partition coefficient (Wildman–Crippen LogP) is 10.9. The van der Waals surface area contributed by atoms with Crippen LogP contribution < -0.4 is 0 Å². The number of ether oxygens (including phenoxy) is 3. The summed E-state index contributed by atoms with van der Waals surface area (Å²) in [7, 11) is 5.47. The molecule has 0 aliphatic carbocycles. The topological polar surface area (TPSA) is 99.1 Å². The molecule has 55 heavy (non-hydrogen) atoms. The summed E-state index contributed by atoms with van der Waals surface area (Å²) >= 11 is 0. The van der Waals surface area contributed by atoms with Gasteiger partial charge in [0.05, 0.1) is 34.4 Å². The van der Waals surface area contributed by atoms with E-state index in [4.69, 9.17) is 14.2 Å². The van der Waals surface area contributed by atoms with Crippen LogP contribution in [-0.2, 0) is 28.6 Å². The minimum atomic E-state index is -0.896. The Morgan fingerprint density at radius 2 is 1.04 bits per heavy atom. The van der Waals surface area contributed by atoms with Gasteiger partial charge in [0.15, 0.2) is 12.1 Å². The number of unbranched alkanes of at least 4 members (excludes halogenated alkanes) is 9. The number of esters is 2. The normalized spacial score (nSPS) is 14.1. The highest BCUT2D eigenvalue weighted by Gasteiger charge is 2.31. The lowest BCUT2D eigenvalue weighted by Gasteiger charge is -2.31. The summed E-state index contributed by atoms with van der Waals surface area (Å²) < 4.78 is 17.1. The van der Waals surface area contributed by atoms with E-state index in [1.54, 1.807) is 0 Å². The van der Waals surface area contributed by atoms with Gasteiger partial charge >= 0.3 is 17.9 Å². The van der Waals surface area contributed by atoms with Crippen molar-refractivity contribution in [1.29, 1.82) is 0 Å². The van der Waals surface area contributed by atoms with Crippen molar-refractivity contribution in [2.24, 2.45) is 0 Å². The van der Waals surface area contributed by atoms with E-state index in [0.717, 1.165) is 57.8 Å². The van der Waals surface area contributed by atoms with Gasteiger partial charge in [0.1, 0.15) is 6.61 Å². The molecule has 0 amide bonds. The van der Waals surface area contributed by atoms with Crippen LogP contribution in [0.4, 0.5) is 0 Å². The third-order valence-corrected chi connectivity index (χ3v) is 8.38. The van der Waals surface area contributed by atoms with Crippen molar-refractivity contribution in [2.75, 3.05) is 41.0 Å². The van der Waals surface area contributed by atoms with Crippen molar-refractivity contribution in [3.63, 3.8) is 0 Å². The molecule has 0 bridgehead atoms. The minimum Gasteiger partial charge on any atom is -0.477 e. The molecule has 0 aromatic carbocycles. The molecule has 0 spiro atoms. The zero-order valence-electron chi connectivity index (χ0n) is 34.8. The van der Waals surface area contributed by atoms with Gasteiger partial charge in [0.2, 0.25) is 0 Å². The molecular formula is C47H74NO7+. The molecule has 0 saturated carbocycles. The molecule has 0 heterocycles. The van der Waals surface area contributed by atoms with Crippen LogP contribution in [0.15, 0.2) is 109 Å². The van der Waals surface area contributed by atoms with E-state index < -0.39 is 18.1 Å². The third-order valence-electron chi connectivity index (χ3n) is 8.38. The van der Waals surface area contributed by atoms with Gasteiger partial charge in [-0.25, -0.2) is 4.79 Å². The van der Waals surface area contributed by atoms with Gasteiger partial charge in [-0.1, -0.05) is 155 Å². The molecule has 1 N–H and O–H groups in total. The Morgan fingerprint density at radius 1 is 0.564 bits per heavy atom. The molecule has 0 rings (SSSR count). The van der Waals surface area contributed by atoms with Gasteiger partial charge in [-0.05, 0) is 51.4 Å². The van der Waals surface area contributed by atoms with Crippen molar-refractivity contribution in [1.82, 2.24) is 0 Å². The molecule has 308 valence electrons. The predicted molar refractivity (Wildman–Crippen MR) is 229 cm³/mol. The Hall–Kier alpha value is -4.01. The highest BCUT2D eigenvalue weighted by Crippen LogP contribution is 2.12. The van der Waals surface area contributed by atoms with Crippen LogP contribution in [0.2, 0.25) is 0 Å². The summed E-state index contributed by atoms with van der Waals surface area (Å²) in [4.78, 5) is 36.9. The first-order valence-electron chi connectivity index (χ1n) is 20.5. The van der Waals surface area contributed by atoms with Gasteiger partial charge in [-0.2, -0.15) is 0 Å². The van der Waals surface area contributed by atoms with E-state index >= 15 is 0 Å². The van der Waals surface area contributed by atoms with Crippen LogP contribution in [0.3, 0.4) is 0 Å². The van der Waals surface area contributed by atoms with Crippen LogP contribution >= 0.6 is 0 Å². The van der Waals surface area contributed by atoms with E-state index in [-0.39, 0.29) is 49.1 Å². The average Bonchev–Trinajstić information content (AvgIpc) is 3.14. The fourth-order valence-corrected chi connectivity index (χ4v) is 5.19. The lowest BCUT2D eigenvalue weighted by atomic mass is 10.1. The third kappa shape index (κ3) is 35.4. The number of hydrogen-bond donors (Lipinski definition) is 1.